The maximum Gasteiger partial charge on any atom is 0.231 e. The number of nitrogens with zero attached hydrogens (tertiary/aromatic N) is 1. The molecule has 0 radical (unpaired) electrons. The van der Waals surface area contributed by atoms with Gasteiger partial charge in [0, 0.05) is 0 Å². The lowest BCUT2D eigenvalue weighted by Crippen LogP contribution is -2.39. The van der Waals surface area contributed by atoms with Gasteiger partial charge in [0.15, 0.2) is 0 Å². The Balaban J connectivity index is 2.05. The first-order valence-electron chi connectivity index (χ1n) is 7.05. The topological polar surface area (TPSA) is 46.3 Å². The van der Waals surface area contributed by atoms with Crippen molar-refractivity contribution < 1.29 is 4.79 Å². The molecule has 104 valence electrons. The third-order valence-electron chi connectivity index (χ3n) is 4.29. The molecule has 1 aliphatic heterocycles. The summed E-state index contributed by atoms with van der Waals surface area (Å²) in [6, 6.07) is 4.64. The van der Waals surface area contributed by atoms with Crippen molar-refractivity contribution in [3.8, 4) is 0 Å². The number of amides is 1. The van der Waals surface area contributed by atoms with Crippen molar-refractivity contribution in [3.63, 3.8) is 0 Å². The predicted molar refractivity (Wildman–Crippen MR) is 78.3 cm³/mol. The summed E-state index contributed by atoms with van der Waals surface area (Å²) in [6.45, 7) is 8.90. The molecule has 1 heterocycles. The van der Waals surface area contributed by atoms with Gasteiger partial charge in [0.1, 0.15) is 0 Å². The Labute approximate surface area is 115 Å². The summed E-state index contributed by atoms with van der Waals surface area (Å²) >= 11 is 0. The van der Waals surface area contributed by atoms with E-state index in [0.29, 0.717) is 12.5 Å². The first kappa shape index (κ1) is 14.1. The fourth-order valence-corrected chi connectivity index (χ4v) is 3.05. The van der Waals surface area contributed by atoms with E-state index >= 15 is 0 Å². The molecule has 3 heteroatoms. The average Bonchev–Trinajstić information content (AvgIpc) is 2.34. The lowest BCUT2D eigenvalue weighted by molar-refractivity contribution is -0.119. The second-order valence-corrected chi connectivity index (χ2v) is 5.81. The molecule has 0 spiro atoms. The van der Waals surface area contributed by atoms with Crippen molar-refractivity contribution in [2.45, 2.75) is 39.5 Å². The highest BCUT2D eigenvalue weighted by Gasteiger charge is 2.22. The molecule has 0 bridgehead atoms. The average molecular weight is 260 g/mol. The molecule has 0 saturated carbocycles. The van der Waals surface area contributed by atoms with Crippen molar-refractivity contribution >= 4 is 5.91 Å². The van der Waals surface area contributed by atoms with Crippen molar-refractivity contribution in [3.05, 3.63) is 34.4 Å². The highest BCUT2D eigenvalue weighted by molar-refractivity contribution is 5.75. The van der Waals surface area contributed by atoms with E-state index in [1.54, 1.807) is 0 Å². The van der Waals surface area contributed by atoms with Gasteiger partial charge in [-0.25, -0.2) is 0 Å². The monoisotopic (exact) mass is 260 g/mol. The lowest BCUT2D eigenvalue weighted by atomic mass is 9.85. The summed E-state index contributed by atoms with van der Waals surface area (Å²) in [5, 5.41) is 0. The Morgan fingerprint density at radius 2 is 1.74 bits per heavy atom. The molecule has 0 aromatic heterocycles. The van der Waals surface area contributed by atoms with Gasteiger partial charge in [-0.3, -0.25) is 9.69 Å². The Bertz CT molecular complexity index is 474. The molecular weight excluding hydrogens is 236 g/mol. The first-order valence-corrected chi connectivity index (χ1v) is 7.05. The smallest absolute Gasteiger partial charge is 0.231 e. The van der Waals surface area contributed by atoms with Crippen LogP contribution in [0.2, 0.25) is 0 Å². The van der Waals surface area contributed by atoms with Gasteiger partial charge in [0.2, 0.25) is 5.91 Å². The standard InChI is InChI=1S/C16H24N2O/c1-11-8-13(3)15(9-12(11)2)14-4-6-18(7-5-14)10-16(17)19/h8-9,14H,4-7,10H2,1-3H3,(H2,17,19). The molecule has 19 heavy (non-hydrogen) atoms. The SMILES string of the molecule is Cc1cc(C)c(C2CCN(CC(N)=O)CC2)cc1C. The van der Waals surface area contributed by atoms with E-state index < -0.39 is 0 Å². The predicted octanol–water partition coefficient (Wildman–Crippen LogP) is 2.28. The van der Waals surface area contributed by atoms with E-state index in [9.17, 15) is 4.79 Å². The summed E-state index contributed by atoms with van der Waals surface area (Å²) in [5.41, 5.74) is 10.9. The Hall–Kier alpha value is -1.35. The minimum Gasteiger partial charge on any atom is -0.369 e. The fraction of sp³-hybridized carbons (Fsp3) is 0.562. The van der Waals surface area contributed by atoms with Crippen LogP contribution in [-0.2, 0) is 4.79 Å². The number of carbonyl (C=O) groups excluding carboxylic acids is 1. The molecule has 0 aliphatic carbocycles. The van der Waals surface area contributed by atoms with Crippen LogP contribution in [0.15, 0.2) is 12.1 Å². The van der Waals surface area contributed by atoms with Crippen molar-refractivity contribution in [2.75, 3.05) is 19.6 Å². The van der Waals surface area contributed by atoms with Gasteiger partial charge in [-0.05, 0) is 74.9 Å². The third-order valence-corrected chi connectivity index (χ3v) is 4.29. The Morgan fingerprint density at radius 1 is 1.16 bits per heavy atom. The van der Waals surface area contributed by atoms with E-state index in [4.69, 9.17) is 5.73 Å². The van der Waals surface area contributed by atoms with Crippen LogP contribution >= 0.6 is 0 Å². The number of likely N-dealkylation sites (tertiary alicyclic amines) is 1. The molecule has 1 saturated heterocycles. The van der Waals surface area contributed by atoms with Gasteiger partial charge in [0.25, 0.3) is 0 Å². The maximum atomic E-state index is 10.9. The molecule has 1 amide bonds. The number of nitrogens with two attached hydrogens (primary N) is 1. The molecule has 2 rings (SSSR count). The van der Waals surface area contributed by atoms with E-state index in [1.807, 2.05) is 0 Å². The van der Waals surface area contributed by atoms with Gasteiger partial charge < -0.3 is 5.73 Å². The zero-order valence-corrected chi connectivity index (χ0v) is 12.2. The van der Waals surface area contributed by atoms with Gasteiger partial charge in [0.05, 0.1) is 6.54 Å². The molecule has 1 aliphatic rings. The third kappa shape index (κ3) is 3.35. The van der Waals surface area contributed by atoms with Crippen molar-refractivity contribution in [1.82, 2.24) is 4.90 Å². The van der Waals surface area contributed by atoms with Crippen LogP contribution in [0.5, 0.6) is 0 Å². The number of hydrogen-bond acceptors (Lipinski definition) is 2. The molecule has 3 nitrogen and oxygen atoms in total. The molecular formula is C16H24N2O. The summed E-state index contributed by atoms with van der Waals surface area (Å²) in [7, 11) is 0. The maximum absolute atomic E-state index is 10.9. The highest BCUT2D eigenvalue weighted by atomic mass is 16.1. The largest absolute Gasteiger partial charge is 0.369 e. The van der Waals surface area contributed by atoms with Crippen LogP contribution in [0.3, 0.4) is 0 Å². The van der Waals surface area contributed by atoms with Crippen molar-refractivity contribution in [2.24, 2.45) is 5.73 Å². The number of rotatable bonds is 3. The summed E-state index contributed by atoms with van der Waals surface area (Å²) in [4.78, 5) is 13.1. The number of hydrogen-bond donors (Lipinski definition) is 1. The van der Waals surface area contributed by atoms with E-state index in [1.165, 1.54) is 22.3 Å². The van der Waals surface area contributed by atoms with Gasteiger partial charge >= 0.3 is 0 Å². The second-order valence-electron chi connectivity index (χ2n) is 5.81. The first-order chi connectivity index (χ1) is 8.97. The zero-order chi connectivity index (χ0) is 14.0. The summed E-state index contributed by atoms with van der Waals surface area (Å²) < 4.78 is 0. The summed E-state index contributed by atoms with van der Waals surface area (Å²) in [5.74, 6) is 0.407. The van der Waals surface area contributed by atoms with E-state index in [-0.39, 0.29) is 5.91 Å². The molecule has 0 unspecified atom stereocenters. The highest BCUT2D eigenvalue weighted by Crippen LogP contribution is 2.31. The van der Waals surface area contributed by atoms with Crippen LogP contribution < -0.4 is 5.73 Å². The minimum absolute atomic E-state index is 0.221. The zero-order valence-electron chi connectivity index (χ0n) is 12.2. The number of benzene rings is 1. The number of carbonyl (C=O) groups is 1. The molecule has 1 aromatic carbocycles. The van der Waals surface area contributed by atoms with Gasteiger partial charge in [-0.2, -0.15) is 0 Å². The van der Waals surface area contributed by atoms with Gasteiger partial charge in [-0.1, -0.05) is 12.1 Å². The molecule has 1 aromatic rings. The second kappa shape index (κ2) is 5.74. The van der Waals surface area contributed by atoms with Crippen LogP contribution in [0.1, 0.15) is 41.0 Å². The number of primary amides is 1. The quantitative estimate of drug-likeness (QED) is 0.906. The molecule has 2 N–H and O–H groups in total. The van der Waals surface area contributed by atoms with Crippen LogP contribution in [0, 0.1) is 20.8 Å². The van der Waals surface area contributed by atoms with E-state index in [0.717, 1.165) is 25.9 Å². The van der Waals surface area contributed by atoms with E-state index in [2.05, 4.69) is 37.8 Å². The van der Waals surface area contributed by atoms with Crippen LogP contribution in [0.4, 0.5) is 0 Å². The molecule has 1 fully saturated rings. The number of piperidine rings is 1. The lowest BCUT2D eigenvalue weighted by Gasteiger charge is -2.32. The normalized spacial score (nSPS) is 17.6. The van der Waals surface area contributed by atoms with Crippen molar-refractivity contribution in [1.29, 1.82) is 0 Å². The Kier molecular flexibility index (Phi) is 4.25. The molecule has 0 atom stereocenters. The Morgan fingerprint density at radius 3 is 2.32 bits per heavy atom. The van der Waals surface area contributed by atoms with Gasteiger partial charge in [-0.15, -0.1) is 0 Å². The van der Waals surface area contributed by atoms with Crippen LogP contribution in [-0.4, -0.2) is 30.4 Å². The minimum atomic E-state index is -0.221. The number of aryl methyl sites for hydroxylation is 3. The fourth-order valence-electron chi connectivity index (χ4n) is 3.05. The summed E-state index contributed by atoms with van der Waals surface area (Å²) in [6.07, 6.45) is 2.24. The van der Waals surface area contributed by atoms with Crippen LogP contribution in [0.25, 0.3) is 0 Å².